The zero-order valence-electron chi connectivity index (χ0n) is 20.6. The summed E-state index contributed by atoms with van der Waals surface area (Å²) < 4.78 is 7.68. The third kappa shape index (κ3) is 7.07. The normalized spacial score (nSPS) is 10.2. The van der Waals surface area contributed by atoms with E-state index in [0.717, 1.165) is 11.1 Å². The minimum absolute atomic E-state index is 0.191. The van der Waals surface area contributed by atoms with Gasteiger partial charge in [0.15, 0.2) is 0 Å². The van der Waals surface area contributed by atoms with Crippen LogP contribution in [0.4, 0.5) is 0 Å². The fourth-order valence-electron chi connectivity index (χ4n) is 3.38. The molecule has 2 heterocycles. The van der Waals surface area contributed by atoms with Gasteiger partial charge in [-0.05, 0) is 25.0 Å². The third-order valence-electron chi connectivity index (χ3n) is 5.33. The van der Waals surface area contributed by atoms with E-state index in [0.29, 0.717) is 24.5 Å². The molecule has 0 radical (unpaired) electrons. The molecule has 0 atom stereocenters. The molecule has 4 rings (SSSR count). The lowest BCUT2D eigenvalue weighted by atomic mass is 10.2. The fraction of sp³-hybridized carbons (Fsp3) is 0.185. The Morgan fingerprint density at radius 3 is 1.57 bits per heavy atom. The molecule has 4 aromatic rings. The molecule has 2 aromatic carbocycles. The maximum atomic E-state index is 11.7. The van der Waals surface area contributed by atoms with Crippen LogP contribution in [0.15, 0.2) is 82.4 Å². The number of carboxylic acid groups (broad SMARTS) is 1. The lowest BCUT2D eigenvalue weighted by Crippen LogP contribution is -2.24. The molecule has 1 N–H and O–H groups in total. The van der Waals surface area contributed by atoms with Crippen molar-refractivity contribution in [2.24, 2.45) is 0 Å². The second-order valence-electron chi connectivity index (χ2n) is 8.08. The monoisotopic (exact) mass is 502 g/mol. The fourth-order valence-corrected chi connectivity index (χ4v) is 3.38. The standard InChI is InChI=1S/C14H14N2O3.C13H12N2O3/c1-10-8-12(17)13(14(18)19-2)15-16(10)9-11-6-4-3-5-7-11;1-9-7-11(16)12(13(17)18)14-15(9)8-10-5-3-2-4-6-10/h3-8H,9H2,1-2H3;2-7H,8H2,1H3,(H,17,18). The summed E-state index contributed by atoms with van der Waals surface area (Å²) in [5.74, 6) is -2.02. The molecule has 0 unspecified atom stereocenters. The highest BCUT2D eigenvalue weighted by Gasteiger charge is 2.15. The number of aromatic carboxylic acids is 1. The Labute approximate surface area is 212 Å². The molecule has 0 amide bonds. The van der Waals surface area contributed by atoms with Gasteiger partial charge < -0.3 is 9.84 Å². The number of aromatic nitrogens is 4. The number of rotatable bonds is 6. The van der Waals surface area contributed by atoms with Crippen molar-refractivity contribution in [1.82, 2.24) is 19.6 Å². The predicted octanol–water partition coefficient (Wildman–Crippen LogP) is 2.68. The van der Waals surface area contributed by atoms with Gasteiger partial charge in [-0.3, -0.25) is 19.0 Å². The molecule has 2 aromatic heterocycles. The zero-order chi connectivity index (χ0) is 26.9. The lowest BCUT2D eigenvalue weighted by molar-refractivity contribution is 0.0588. The van der Waals surface area contributed by atoms with Gasteiger partial charge in [0.25, 0.3) is 0 Å². The maximum absolute atomic E-state index is 11.7. The van der Waals surface area contributed by atoms with Gasteiger partial charge in [0.1, 0.15) is 0 Å². The van der Waals surface area contributed by atoms with Crippen LogP contribution in [-0.2, 0) is 17.8 Å². The average molecular weight is 503 g/mol. The summed E-state index contributed by atoms with van der Waals surface area (Å²) in [6.07, 6.45) is 0. The van der Waals surface area contributed by atoms with Crippen LogP contribution in [0.25, 0.3) is 0 Å². The van der Waals surface area contributed by atoms with Gasteiger partial charge in [-0.25, -0.2) is 9.59 Å². The number of methoxy groups -OCH3 is 1. The number of hydrogen-bond acceptors (Lipinski definition) is 7. The predicted molar refractivity (Wildman–Crippen MR) is 136 cm³/mol. The number of esters is 1. The van der Waals surface area contributed by atoms with Gasteiger partial charge >= 0.3 is 11.9 Å². The van der Waals surface area contributed by atoms with Crippen molar-refractivity contribution < 1.29 is 19.4 Å². The Hall–Kier alpha value is -4.86. The molecule has 10 heteroatoms. The molecule has 0 aliphatic rings. The van der Waals surface area contributed by atoms with Gasteiger partial charge in [0.2, 0.25) is 22.2 Å². The van der Waals surface area contributed by atoms with Gasteiger partial charge in [-0.2, -0.15) is 10.2 Å². The Balaban J connectivity index is 0.000000206. The molecule has 10 nitrogen and oxygen atoms in total. The van der Waals surface area contributed by atoms with Crippen LogP contribution in [-0.4, -0.2) is 43.7 Å². The minimum Gasteiger partial charge on any atom is -0.476 e. The summed E-state index contributed by atoms with van der Waals surface area (Å²) in [5, 5.41) is 16.8. The second kappa shape index (κ2) is 12.2. The first-order valence-corrected chi connectivity index (χ1v) is 11.3. The Morgan fingerprint density at radius 1 is 0.757 bits per heavy atom. The number of carbonyl (C=O) groups excluding carboxylic acids is 1. The number of carbonyl (C=O) groups is 2. The SMILES string of the molecule is COC(=O)c1nn(Cc2ccccc2)c(C)cc1=O.Cc1cc(=O)c(C(=O)O)nn1Cc1ccccc1. The summed E-state index contributed by atoms with van der Waals surface area (Å²) in [5.41, 5.74) is 1.74. The van der Waals surface area contributed by atoms with Crippen molar-refractivity contribution in [2.45, 2.75) is 26.9 Å². The summed E-state index contributed by atoms with van der Waals surface area (Å²) in [4.78, 5) is 45.4. The lowest BCUT2D eigenvalue weighted by Gasteiger charge is -2.10. The van der Waals surface area contributed by atoms with Crippen LogP contribution in [0.3, 0.4) is 0 Å². The molecule has 0 saturated heterocycles. The van der Waals surface area contributed by atoms with Crippen molar-refractivity contribution in [3.63, 3.8) is 0 Å². The molecule has 0 bridgehead atoms. The summed E-state index contributed by atoms with van der Waals surface area (Å²) >= 11 is 0. The number of ether oxygens (including phenoxy) is 1. The van der Waals surface area contributed by atoms with Crippen molar-refractivity contribution in [3.05, 3.63) is 127 Å². The van der Waals surface area contributed by atoms with Gasteiger partial charge in [-0.15, -0.1) is 0 Å². The number of hydrogen-bond donors (Lipinski definition) is 1. The average Bonchev–Trinajstić information content (AvgIpc) is 2.88. The van der Waals surface area contributed by atoms with E-state index in [1.54, 1.807) is 18.5 Å². The van der Waals surface area contributed by atoms with Crippen LogP contribution >= 0.6 is 0 Å². The molecule has 190 valence electrons. The van der Waals surface area contributed by atoms with E-state index in [1.807, 2.05) is 60.7 Å². The second-order valence-corrected chi connectivity index (χ2v) is 8.08. The highest BCUT2D eigenvalue weighted by Crippen LogP contribution is 2.05. The first-order valence-electron chi connectivity index (χ1n) is 11.3. The maximum Gasteiger partial charge on any atom is 0.362 e. The van der Waals surface area contributed by atoms with E-state index < -0.39 is 28.5 Å². The summed E-state index contributed by atoms with van der Waals surface area (Å²) in [6, 6.07) is 21.9. The molecule has 0 saturated carbocycles. The van der Waals surface area contributed by atoms with Crippen LogP contribution < -0.4 is 10.9 Å². The molecular weight excluding hydrogens is 476 g/mol. The Bertz CT molecular complexity index is 1510. The quantitative estimate of drug-likeness (QED) is 0.398. The van der Waals surface area contributed by atoms with E-state index in [-0.39, 0.29) is 5.69 Å². The number of carboxylic acids is 1. The van der Waals surface area contributed by atoms with Gasteiger partial charge in [0.05, 0.1) is 20.2 Å². The molecule has 37 heavy (non-hydrogen) atoms. The molecule has 0 fully saturated rings. The molecule has 0 spiro atoms. The smallest absolute Gasteiger partial charge is 0.362 e. The first kappa shape index (κ1) is 26.7. The number of benzene rings is 2. The molecule has 0 aliphatic heterocycles. The van der Waals surface area contributed by atoms with E-state index in [4.69, 9.17) is 5.11 Å². The van der Waals surface area contributed by atoms with Gasteiger partial charge in [-0.1, -0.05) is 60.7 Å². The van der Waals surface area contributed by atoms with Crippen molar-refractivity contribution in [2.75, 3.05) is 7.11 Å². The van der Waals surface area contributed by atoms with Crippen LogP contribution in [0.2, 0.25) is 0 Å². The highest BCUT2D eigenvalue weighted by atomic mass is 16.5. The van der Waals surface area contributed by atoms with Crippen molar-refractivity contribution in [1.29, 1.82) is 0 Å². The topological polar surface area (TPSA) is 133 Å². The summed E-state index contributed by atoms with van der Waals surface area (Å²) in [6.45, 7) is 4.44. The van der Waals surface area contributed by atoms with Gasteiger partial charge in [0, 0.05) is 23.5 Å². The third-order valence-corrected chi connectivity index (χ3v) is 5.33. The molecular formula is C27H26N4O6. The highest BCUT2D eigenvalue weighted by molar-refractivity contribution is 5.86. The Kier molecular flexibility index (Phi) is 8.82. The summed E-state index contributed by atoms with van der Waals surface area (Å²) in [7, 11) is 1.23. The van der Waals surface area contributed by atoms with Crippen LogP contribution in [0, 0.1) is 13.8 Å². The first-order chi connectivity index (χ1) is 17.7. The minimum atomic E-state index is -1.30. The van der Waals surface area contributed by atoms with Crippen LogP contribution in [0.5, 0.6) is 0 Å². The van der Waals surface area contributed by atoms with Crippen molar-refractivity contribution >= 4 is 11.9 Å². The number of aryl methyl sites for hydroxylation is 2. The van der Waals surface area contributed by atoms with E-state index in [9.17, 15) is 19.2 Å². The zero-order valence-corrected chi connectivity index (χ0v) is 20.6. The number of nitrogens with zero attached hydrogens (tertiary/aromatic N) is 4. The Morgan fingerprint density at radius 2 is 1.16 bits per heavy atom. The van der Waals surface area contributed by atoms with E-state index in [1.165, 1.54) is 23.9 Å². The van der Waals surface area contributed by atoms with Crippen LogP contribution in [0.1, 0.15) is 43.5 Å². The van der Waals surface area contributed by atoms with E-state index >= 15 is 0 Å². The largest absolute Gasteiger partial charge is 0.476 e. The molecule has 0 aliphatic carbocycles. The van der Waals surface area contributed by atoms with E-state index in [2.05, 4.69) is 14.9 Å². The van der Waals surface area contributed by atoms with Crippen molar-refractivity contribution in [3.8, 4) is 0 Å².